The summed E-state index contributed by atoms with van der Waals surface area (Å²) in [6.07, 6.45) is 1.17. The van der Waals surface area contributed by atoms with E-state index >= 15 is 0 Å². The van der Waals surface area contributed by atoms with Crippen molar-refractivity contribution in [2.45, 2.75) is 0 Å². The minimum atomic E-state index is 0.0741. The Hall–Kier alpha value is -0.560. The summed E-state index contributed by atoms with van der Waals surface area (Å²) in [4.78, 5) is 0. The van der Waals surface area contributed by atoms with Crippen LogP contribution in [0.15, 0.2) is 10.8 Å². The van der Waals surface area contributed by atoms with Crippen molar-refractivity contribution in [2.75, 3.05) is 0 Å². The van der Waals surface area contributed by atoms with Crippen molar-refractivity contribution in [3.8, 4) is 5.75 Å². The minimum Gasteiger partial charge on any atom is -0.503 e. The SMILES string of the molecule is Oc1conc1P. The highest BCUT2D eigenvalue weighted by molar-refractivity contribution is 7.27. The lowest BCUT2D eigenvalue weighted by atomic mass is 10.7. The Kier molecular flexibility index (Phi) is 0.988. The summed E-state index contributed by atoms with van der Waals surface area (Å²) in [5, 5.41) is 11.9. The highest BCUT2D eigenvalue weighted by atomic mass is 31.0. The third-order valence-corrected chi connectivity index (χ3v) is 0.979. The number of aromatic nitrogens is 1. The summed E-state index contributed by atoms with van der Waals surface area (Å²) in [6.45, 7) is 0. The molecule has 3 nitrogen and oxygen atoms in total. The van der Waals surface area contributed by atoms with Gasteiger partial charge in [0.15, 0.2) is 12.0 Å². The zero-order chi connectivity index (χ0) is 5.28. The van der Waals surface area contributed by atoms with Gasteiger partial charge in [-0.2, -0.15) is 0 Å². The minimum absolute atomic E-state index is 0.0741. The van der Waals surface area contributed by atoms with E-state index in [1.807, 2.05) is 0 Å². The van der Waals surface area contributed by atoms with Crippen LogP contribution in [0.3, 0.4) is 0 Å². The third kappa shape index (κ3) is 0.722. The molecule has 0 aliphatic rings. The van der Waals surface area contributed by atoms with Crippen molar-refractivity contribution in [1.82, 2.24) is 5.16 Å². The molecule has 0 bridgehead atoms. The van der Waals surface area contributed by atoms with E-state index in [9.17, 15) is 0 Å². The highest BCUT2D eigenvalue weighted by Crippen LogP contribution is 2.03. The van der Waals surface area contributed by atoms with Gasteiger partial charge in [0.25, 0.3) is 0 Å². The van der Waals surface area contributed by atoms with Crippen LogP contribution in [-0.4, -0.2) is 10.3 Å². The Morgan fingerprint density at radius 3 is 2.71 bits per heavy atom. The van der Waals surface area contributed by atoms with Gasteiger partial charge in [0.05, 0.1) is 0 Å². The van der Waals surface area contributed by atoms with Gasteiger partial charge in [-0.15, -0.1) is 0 Å². The second-order valence-electron chi connectivity index (χ2n) is 1.09. The molecule has 1 rings (SSSR count). The molecule has 7 heavy (non-hydrogen) atoms. The molecule has 0 spiro atoms. The number of hydrogen-bond acceptors (Lipinski definition) is 3. The van der Waals surface area contributed by atoms with E-state index < -0.39 is 0 Å². The van der Waals surface area contributed by atoms with Gasteiger partial charge < -0.3 is 9.63 Å². The first-order valence-electron chi connectivity index (χ1n) is 1.69. The average Bonchev–Trinajstić information content (AvgIpc) is 1.91. The van der Waals surface area contributed by atoms with Gasteiger partial charge >= 0.3 is 0 Å². The molecule has 0 fully saturated rings. The smallest absolute Gasteiger partial charge is 0.182 e. The van der Waals surface area contributed by atoms with E-state index in [-0.39, 0.29) is 5.75 Å². The van der Waals surface area contributed by atoms with Gasteiger partial charge in [-0.3, -0.25) is 0 Å². The van der Waals surface area contributed by atoms with E-state index in [4.69, 9.17) is 5.11 Å². The lowest BCUT2D eigenvalue weighted by Gasteiger charge is -1.74. The Labute approximate surface area is 42.5 Å². The fraction of sp³-hybridized carbons (Fsp3) is 0. The zero-order valence-corrected chi connectivity index (χ0v) is 4.61. The number of hydrogen-bond donors (Lipinski definition) is 1. The molecule has 1 N–H and O–H groups in total. The lowest BCUT2D eigenvalue weighted by molar-refractivity contribution is 0.409. The first-order valence-corrected chi connectivity index (χ1v) is 2.27. The van der Waals surface area contributed by atoms with Crippen LogP contribution in [0.5, 0.6) is 5.75 Å². The van der Waals surface area contributed by atoms with Crippen LogP contribution in [0.4, 0.5) is 0 Å². The van der Waals surface area contributed by atoms with Crippen molar-refractivity contribution >= 4 is 14.7 Å². The largest absolute Gasteiger partial charge is 0.503 e. The van der Waals surface area contributed by atoms with Gasteiger partial charge in [0, 0.05) is 0 Å². The maximum atomic E-state index is 8.58. The van der Waals surface area contributed by atoms with Gasteiger partial charge in [-0.1, -0.05) is 14.4 Å². The quantitative estimate of drug-likeness (QED) is 0.482. The van der Waals surface area contributed by atoms with Crippen LogP contribution in [0.2, 0.25) is 0 Å². The Morgan fingerprint density at radius 1 is 1.86 bits per heavy atom. The summed E-state index contributed by atoms with van der Waals surface area (Å²) in [5.41, 5.74) is 0.444. The van der Waals surface area contributed by atoms with Crippen molar-refractivity contribution in [1.29, 1.82) is 0 Å². The van der Waals surface area contributed by atoms with E-state index in [2.05, 4.69) is 18.9 Å². The van der Waals surface area contributed by atoms with Gasteiger partial charge in [0.2, 0.25) is 0 Å². The Balaban J connectivity index is 3.12. The highest BCUT2D eigenvalue weighted by Gasteiger charge is 1.94. The second kappa shape index (κ2) is 1.51. The van der Waals surface area contributed by atoms with Crippen LogP contribution in [-0.2, 0) is 0 Å². The summed E-state index contributed by atoms with van der Waals surface area (Å²) >= 11 is 0. The molecule has 0 aromatic carbocycles. The second-order valence-corrected chi connectivity index (χ2v) is 1.63. The summed E-state index contributed by atoms with van der Waals surface area (Å²) < 4.78 is 4.32. The molecule has 1 aromatic rings. The molecule has 1 aromatic heterocycles. The fourth-order valence-electron chi connectivity index (χ4n) is 0.240. The van der Waals surface area contributed by atoms with Gasteiger partial charge in [-0.25, -0.2) is 0 Å². The van der Waals surface area contributed by atoms with Crippen LogP contribution in [0.25, 0.3) is 0 Å². The predicted molar refractivity (Wildman–Crippen MR) is 27.5 cm³/mol. The predicted octanol–water partition coefficient (Wildman–Crippen LogP) is -0.119. The van der Waals surface area contributed by atoms with Crippen molar-refractivity contribution in [2.24, 2.45) is 0 Å². The summed E-state index contributed by atoms with van der Waals surface area (Å²) in [5.74, 6) is 0.0741. The molecule has 0 saturated carbocycles. The number of rotatable bonds is 0. The Morgan fingerprint density at radius 2 is 2.57 bits per heavy atom. The maximum absolute atomic E-state index is 8.58. The monoisotopic (exact) mass is 117 g/mol. The van der Waals surface area contributed by atoms with Crippen LogP contribution >= 0.6 is 9.24 Å². The standard InChI is InChI=1S/C3H4NO2P/c5-2-1-6-4-3(2)7/h1,5H,7H2. The molecule has 1 heterocycles. The summed E-state index contributed by atoms with van der Waals surface area (Å²) in [6, 6.07) is 0. The molecule has 0 amide bonds. The molecular weight excluding hydrogens is 113 g/mol. The Bertz CT molecular complexity index is 145. The van der Waals surface area contributed by atoms with Crippen molar-refractivity contribution in [3.63, 3.8) is 0 Å². The zero-order valence-electron chi connectivity index (χ0n) is 3.46. The third-order valence-electron chi connectivity index (χ3n) is 0.578. The van der Waals surface area contributed by atoms with Crippen LogP contribution in [0.1, 0.15) is 0 Å². The molecule has 0 radical (unpaired) electrons. The first kappa shape index (κ1) is 4.60. The van der Waals surface area contributed by atoms with E-state index in [0.717, 1.165) is 0 Å². The molecule has 0 saturated heterocycles. The van der Waals surface area contributed by atoms with Gasteiger partial charge in [0.1, 0.15) is 5.44 Å². The van der Waals surface area contributed by atoms with Crippen molar-refractivity contribution in [3.05, 3.63) is 6.26 Å². The molecule has 0 aliphatic carbocycles. The van der Waals surface area contributed by atoms with E-state index in [1.54, 1.807) is 0 Å². The molecule has 0 aliphatic heterocycles. The van der Waals surface area contributed by atoms with Gasteiger partial charge in [-0.05, 0) is 0 Å². The molecule has 38 valence electrons. The lowest BCUT2D eigenvalue weighted by Crippen LogP contribution is -1.86. The molecule has 1 atom stereocenters. The topological polar surface area (TPSA) is 46.3 Å². The van der Waals surface area contributed by atoms with E-state index in [0.29, 0.717) is 5.44 Å². The normalized spacial score (nSPS) is 9.29. The van der Waals surface area contributed by atoms with Crippen molar-refractivity contribution < 1.29 is 9.63 Å². The average molecular weight is 117 g/mol. The molecule has 4 heteroatoms. The maximum Gasteiger partial charge on any atom is 0.182 e. The van der Waals surface area contributed by atoms with E-state index in [1.165, 1.54) is 6.26 Å². The fourth-order valence-corrected chi connectivity index (χ4v) is 0.369. The summed E-state index contributed by atoms with van der Waals surface area (Å²) in [7, 11) is 2.22. The number of nitrogens with zero attached hydrogens (tertiary/aromatic N) is 1. The number of aromatic hydroxyl groups is 1. The molecule has 1 unspecified atom stereocenters. The molecular formula is C3H4NO2P. The first-order chi connectivity index (χ1) is 3.30. The van der Waals surface area contributed by atoms with Crippen LogP contribution in [0, 0.1) is 0 Å². The van der Waals surface area contributed by atoms with Crippen LogP contribution < -0.4 is 5.44 Å².